The Morgan fingerprint density at radius 1 is 1.25 bits per heavy atom. The third kappa shape index (κ3) is 2.88. The van der Waals surface area contributed by atoms with Crippen molar-refractivity contribution in [1.29, 1.82) is 5.26 Å². The van der Waals surface area contributed by atoms with Crippen molar-refractivity contribution in [3.63, 3.8) is 0 Å². The van der Waals surface area contributed by atoms with E-state index in [0.29, 0.717) is 10.6 Å². The van der Waals surface area contributed by atoms with Crippen molar-refractivity contribution in [3.05, 3.63) is 53.6 Å². The SMILES string of the molecule is CC1(C)C(=O)N(c2ccc(C#N)c(C(F)(F)F)c2F)C(=S)N1c1cccnc1. The normalized spacial score (nSPS) is 16.5. The Hall–Kier alpha value is -3.06. The van der Waals surface area contributed by atoms with Gasteiger partial charge >= 0.3 is 6.18 Å². The number of rotatable bonds is 2. The number of pyridine rings is 1. The summed E-state index contributed by atoms with van der Waals surface area (Å²) in [5, 5.41) is 8.71. The monoisotopic (exact) mass is 408 g/mol. The lowest BCUT2D eigenvalue weighted by Crippen LogP contribution is -2.44. The number of carbonyl (C=O) groups excluding carboxylic acids is 1. The molecule has 2 heterocycles. The van der Waals surface area contributed by atoms with Gasteiger partial charge in [-0.25, -0.2) is 4.39 Å². The molecule has 1 fully saturated rings. The molecule has 0 unspecified atom stereocenters. The highest BCUT2D eigenvalue weighted by Gasteiger charge is 2.52. The van der Waals surface area contributed by atoms with E-state index in [2.05, 4.69) is 4.98 Å². The highest BCUT2D eigenvalue weighted by Crippen LogP contribution is 2.41. The van der Waals surface area contributed by atoms with Crippen LogP contribution < -0.4 is 9.80 Å². The second-order valence-corrected chi connectivity index (χ2v) is 6.82. The Labute approximate surface area is 162 Å². The first-order valence-electron chi connectivity index (χ1n) is 7.90. The van der Waals surface area contributed by atoms with Crippen molar-refractivity contribution in [2.24, 2.45) is 0 Å². The van der Waals surface area contributed by atoms with Gasteiger partial charge in [0, 0.05) is 6.20 Å². The molecule has 5 nitrogen and oxygen atoms in total. The van der Waals surface area contributed by atoms with Gasteiger partial charge in [-0.05, 0) is 50.3 Å². The second kappa shape index (κ2) is 6.53. The van der Waals surface area contributed by atoms with Gasteiger partial charge in [-0.3, -0.25) is 14.7 Å². The number of nitriles is 1. The predicted octanol–water partition coefficient (Wildman–Crippen LogP) is 4.03. The Bertz CT molecular complexity index is 1010. The van der Waals surface area contributed by atoms with Crippen molar-refractivity contribution in [2.75, 3.05) is 9.80 Å². The number of anilines is 2. The Morgan fingerprint density at radius 2 is 1.93 bits per heavy atom. The minimum atomic E-state index is -5.12. The van der Waals surface area contributed by atoms with Gasteiger partial charge in [0.1, 0.15) is 11.1 Å². The molecule has 0 aliphatic carbocycles. The first-order chi connectivity index (χ1) is 13.0. The van der Waals surface area contributed by atoms with Gasteiger partial charge < -0.3 is 4.90 Å². The molecule has 0 saturated carbocycles. The van der Waals surface area contributed by atoms with E-state index in [1.54, 1.807) is 12.1 Å². The second-order valence-electron chi connectivity index (χ2n) is 6.46. The molecule has 10 heteroatoms. The fraction of sp³-hybridized carbons (Fsp3) is 0.222. The molecule has 1 aliphatic heterocycles. The molecular formula is C18H12F4N4OS. The molecule has 0 spiro atoms. The standard InChI is InChI=1S/C18H12F4N4OS/c1-17(2)15(27)25(16(28)26(17)11-4-3-7-24-9-11)12-6-5-10(8-23)13(14(12)19)18(20,21)22/h3-7,9H,1-2H3. The summed E-state index contributed by atoms with van der Waals surface area (Å²) in [6, 6.07) is 6.30. The maximum absolute atomic E-state index is 14.8. The fourth-order valence-corrected chi connectivity index (χ4v) is 3.55. The van der Waals surface area contributed by atoms with Crippen LogP contribution in [0.5, 0.6) is 0 Å². The number of alkyl halides is 3. The Balaban J connectivity index is 2.19. The van der Waals surface area contributed by atoms with E-state index in [1.165, 1.54) is 37.2 Å². The number of amides is 1. The number of thiocarbonyl (C=S) groups is 1. The van der Waals surface area contributed by atoms with E-state index in [9.17, 15) is 22.4 Å². The number of benzene rings is 1. The molecule has 0 atom stereocenters. The molecule has 1 amide bonds. The van der Waals surface area contributed by atoms with Crippen LogP contribution in [0.1, 0.15) is 25.0 Å². The summed E-state index contributed by atoms with van der Waals surface area (Å²) in [5.41, 5.74) is -4.14. The minimum Gasteiger partial charge on any atom is -0.302 e. The molecule has 144 valence electrons. The molecule has 0 bridgehead atoms. The van der Waals surface area contributed by atoms with Gasteiger partial charge in [0.25, 0.3) is 5.91 Å². The lowest BCUT2D eigenvalue weighted by atomic mass is 10.0. The average molecular weight is 408 g/mol. The van der Waals surface area contributed by atoms with E-state index in [0.717, 1.165) is 12.1 Å². The fourth-order valence-electron chi connectivity index (χ4n) is 3.03. The quantitative estimate of drug-likeness (QED) is 0.555. The Morgan fingerprint density at radius 3 is 2.46 bits per heavy atom. The van der Waals surface area contributed by atoms with E-state index < -0.39 is 40.3 Å². The van der Waals surface area contributed by atoms with Crippen LogP contribution in [-0.2, 0) is 11.0 Å². The van der Waals surface area contributed by atoms with Crippen molar-refractivity contribution >= 4 is 34.6 Å². The lowest BCUT2D eigenvalue weighted by Gasteiger charge is -2.28. The number of hydrogen-bond acceptors (Lipinski definition) is 4. The van der Waals surface area contributed by atoms with E-state index in [4.69, 9.17) is 17.5 Å². The molecular weight excluding hydrogens is 396 g/mol. The van der Waals surface area contributed by atoms with Crippen LogP contribution in [0.2, 0.25) is 0 Å². The third-order valence-electron chi connectivity index (χ3n) is 4.34. The maximum Gasteiger partial charge on any atom is 0.420 e. The summed E-state index contributed by atoms with van der Waals surface area (Å²) in [4.78, 5) is 19.0. The summed E-state index contributed by atoms with van der Waals surface area (Å²) in [7, 11) is 0. The molecule has 1 aromatic carbocycles. The zero-order valence-corrected chi connectivity index (χ0v) is 15.4. The van der Waals surface area contributed by atoms with Gasteiger partial charge in [-0.1, -0.05) is 0 Å². The van der Waals surface area contributed by atoms with Gasteiger partial charge in [-0.2, -0.15) is 18.4 Å². The smallest absolute Gasteiger partial charge is 0.302 e. The zero-order valence-electron chi connectivity index (χ0n) is 14.6. The molecule has 2 aromatic rings. The van der Waals surface area contributed by atoms with Crippen molar-refractivity contribution in [1.82, 2.24) is 4.98 Å². The van der Waals surface area contributed by atoms with Crippen LogP contribution in [0, 0.1) is 17.1 Å². The molecule has 0 N–H and O–H groups in total. The van der Waals surface area contributed by atoms with Gasteiger partial charge in [0.2, 0.25) is 0 Å². The van der Waals surface area contributed by atoms with E-state index in [1.807, 2.05) is 0 Å². The van der Waals surface area contributed by atoms with Gasteiger partial charge in [0.05, 0.1) is 29.2 Å². The topological polar surface area (TPSA) is 60.2 Å². The molecule has 1 aromatic heterocycles. The zero-order chi connectivity index (χ0) is 20.9. The lowest BCUT2D eigenvalue weighted by molar-refractivity contribution is -0.140. The van der Waals surface area contributed by atoms with Crippen LogP contribution in [0.3, 0.4) is 0 Å². The van der Waals surface area contributed by atoms with Crippen LogP contribution >= 0.6 is 12.2 Å². The maximum atomic E-state index is 14.8. The summed E-state index contributed by atoms with van der Waals surface area (Å²) < 4.78 is 54.8. The summed E-state index contributed by atoms with van der Waals surface area (Å²) in [6.45, 7) is 3.03. The van der Waals surface area contributed by atoms with Gasteiger partial charge in [-0.15, -0.1) is 0 Å². The summed E-state index contributed by atoms with van der Waals surface area (Å²) in [6.07, 6.45) is -2.18. The Kier molecular flexibility index (Phi) is 4.59. The van der Waals surface area contributed by atoms with Crippen molar-refractivity contribution in [2.45, 2.75) is 25.6 Å². The van der Waals surface area contributed by atoms with Crippen LogP contribution in [0.4, 0.5) is 28.9 Å². The highest BCUT2D eigenvalue weighted by atomic mass is 32.1. The number of hydrogen-bond donors (Lipinski definition) is 0. The average Bonchev–Trinajstić information content (AvgIpc) is 2.79. The highest BCUT2D eigenvalue weighted by molar-refractivity contribution is 7.81. The summed E-state index contributed by atoms with van der Waals surface area (Å²) in [5.74, 6) is -2.44. The first kappa shape index (κ1) is 19.7. The van der Waals surface area contributed by atoms with Crippen molar-refractivity contribution < 1.29 is 22.4 Å². The van der Waals surface area contributed by atoms with Crippen LogP contribution in [0.15, 0.2) is 36.7 Å². The van der Waals surface area contributed by atoms with Crippen molar-refractivity contribution in [3.8, 4) is 6.07 Å². The molecule has 3 rings (SSSR count). The predicted molar refractivity (Wildman–Crippen MR) is 97.0 cm³/mol. The number of nitrogens with zero attached hydrogens (tertiary/aromatic N) is 4. The molecule has 28 heavy (non-hydrogen) atoms. The summed E-state index contributed by atoms with van der Waals surface area (Å²) >= 11 is 5.30. The largest absolute Gasteiger partial charge is 0.420 e. The van der Waals surface area contributed by atoms with Crippen LogP contribution in [-0.4, -0.2) is 21.5 Å². The molecule has 1 saturated heterocycles. The molecule has 0 radical (unpaired) electrons. The van der Waals surface area contributed by atoms with Gasteiger partial charge in [0.15, 0.2) is 10.9 Å². The van der Waals surface area contributed by atoms with Crippen LogP contribution in [0.25, 0.3) is 0 Å². The van der Waals surface area contributed by atoms with E-state index >= 15 is 0 Å². The minimum absolute atomic E-state index is 0.195. The number of aromatic nitrogens is 1. The first-order valence-corrected chi connectivity index (χ1v) is 8.31. The van der Waals surface area contributed by atoms with E-state index in [-0.39, 0.29) is 5.11 Å². The third-order valence-corrected chi connectivity index (χ3v) is 4.70. The number of carbonyl (C=O) groups is 1. The molecule has 1 aliphatic rings. The number of halogens is 4.